The molecule has 5 rings (SSSR count). The minimum absolute atomic E-state index is 0.0938. The first-order valence-corrected chi connectivity index (χ1v) is 13.0. The van der Waals surface area contributed by atoms with Crippen molar-refractivity contribution in [1.29, 1.82) is 0 Å². The highest BCUT2D eigenvalue weighted by Crippen LogP contribution is 2.44. The van der Waals surface area contributed by atoms with Gasteiger partial charge in [0.05, 0.1) is 0 Å². The summed E-state index contributed by atoms with van der Waals surface area (Å²) in [7, 11) is 0. The summed E-state index contributed by atoms with van der Waals surface area (Å²) in [4.78, 5) is 17.1. The fourth-order valence-corrected chi connectivity index (χ4v) is 5.81. The molecule has 0 bridgehead atoms. The lowest BCUT2D eigenvalue weighted by atomic mass is 9.98. The van der Waals surface area contributed by atoms with Gasteiger partial charge in [0, 0.05) is 47.1 Å². The Balaban J connectivity index is 1.23. The minimum atomic E-state index is -0.216. The summed E-state index contributed by atoms with van der Waals surface area (Å²) in [6, 6.07) is 21.3. The molecule has 0 spiro atoms. The van der Waals surface area contributed by atoms with Crippen molar-refractivity contribution in [2.45, 2.75) is 18.6 Å². The number of nitrogens with zero attached hydrogens (tertiary/aromatic N) is 2. The van der Waals surface area contributed by atoms with Gasteiger partial charge in [0.15, 0.2) is 0 Å². The fourth-order valence-electron chi connectivity index (χ4n) is 4.95. The summed E-state index contributed by atoms with van der Waals surface area (Å²) in [5.41, 5.74) is 8.74. The summed E-state index contributed by atoms with van der Waals surface area (Å²) in [5.74, 6) is 0.819. The van der Waals surface area contributed by atoms with Gasteiger partial charge in [0.2, 0.25) is 0 Å². The largest absolute Gasteiger partial charge is 0.448 e. The van der Waals surface area contributed by atoms with Crippen molar-refractivity contribution in [1.82, 2.24) is 4.90 Å². The van der Waals surface area contributed by atoms with Crippen LogP contribution in [0.15, 0.2) is 60.7 Å². The molecule has 4 nitrogen and oxygen atoms in total. The number of hydrogen-bond donors (Lipinski definition) is 1. The van der Waals surface area contributed by atoms with Gasteiger partial charge in [-0.3, -0.25) is 0 Å². The molecule has 0 unspecified atom stereocenters. The molecular weight excluding hydrogens is 543 g/mol. The van der Waals surface area contributed by atoms with Gasteiger partial charge >= 0.3 is 6.09 Å². The molecule has 0 N–H and O–H groups in total. The number of thiol groups is 1. The lowest BCUT2D eigenvalue weighted by Gasteiger charge is -2.36. The van der Waals surface area contributed by atoms with Crippen LogP contribution in [0.3, 0.4) is 0 Å². The molecule has 0 atom stereocenters. The molecule has 33 heavy (non-hydrogen) atoms. The second-order valence-corrected chi connectivity index (χ2v) is 10.1. The number of benzene rings is 3. The summed E-state index contributed by atoms with van der Waals surface area (Å²) in [6.45, 7) is 5.47. The van der Waals surface area contributed by atoms with E-state index in [-0.39, 0.29) is 12.0 Å². The number of halogens is 1. The number of amides is 1. The van der Waals surface area contributed by atoms with E-state index >= 15 is 0 Å². The average molecular weight is 570 g/mol. The van der Waals surface area contributed by atoms with Crippen molar-refractivity contribution in [3.8, 4) is 11.1 Å². The molecular formula is C27H27IN2O2S. The Morgan fingerprint density at radius 2 is 1.61 bits per heavy atom. The smallest absolute Gasteiger partial charge is 0.409 e. The molecule has 1 aliphatic heterocycles. The van der Waals surface area contributed by atoms with Gasteiger partial charge in [-0.2, -0.15) is 12.6 Å². The molecule has 0 saturated carbocycles. The summed E-state index contributed by atoms with van der Waals surface area (Å²) in [5, 5.41) is 0. The Morgan fingerprint density at radius 3 is 2.21 bits per heavy atom. The normalized spacial score (nSPS) is 15.4. The SMILES string of the molecule is Cc1c(I)cc(CS)cc1N1CCN(C(=O)OCC2c3ccccc3-c3ccccc32)CC1. The third kappa shape index (κ3) is 4.35. The van der Waals surface area contributed by atoms with Crippen LogP contribution >= 0.6 is 35.2 Å². The molecule has 1 saturated heterocycles. The molecule has 0 radical (unpaired) electrons. The molecule has 170 valence electrons. The van der Waals surface area contributed by atoms with Crippen molar-refractivity contribution in [3.05, 3.63) is 86.5 Å². The average Bonchev–Trinajstić information content (AvgIpc) is 3.18. The number of hydrogen-bond acceptors (Lipinski definition) is 4. The molecule has 0 aromatic heterocycles. The van der Waals surface area contributed by atoms with Crippen LogP contribution < -0.4 is 4.90 Å². The van der Waals surface area contributed by atoms with Crippen molar-refractivity contribution in [2.75, 3.05) is 37.7 Å². The number of ether oxygens (including phenoxy) is 1. The second-order valence-electron chi connectivity index (χ2n) is 8.66. The Hall–Kier alpha value is -2.19. The molecule has 3 aromatic carbocycles. The first kappa shape index (κ1) is 22.6. The van der Waals surface area contributed by atoms with E-state index in [0.717, 1.165) is 18.8 Å². The first-order chi connectivity index (χ1) is 16.1. The van der Waals surface area contributed by atoms with E-state index in [1.807, 2.05) is 4.90 Å². The van der Waals surface area contributed by atoms with Gasteiger partial charge < -0.3 is 14.5 Å². The number of rotatable bonds is 4. The van der Waals surface area contributed by atoms with Crippen LogP contribution in [0.1, 0.15) is 28.2 Å². The Morgan fingerprint density at radius 1 is 1.00 bits per heavy atom. The van der Waals surface area contributed by atoms with Gasteiger partial charge in [0.1, 0.15) is 6.61 Å². The summed E-state index contributed by atoms with van der Waals surface area (Å²) >= 11 is 6.84. The molecule has 1 fully saturated rings. The zero-order valence-electron chi connectivity index (χ0n) is 18.6. The first-order valence-electron chi connectivity index (χ1n) is 11.3. The lowest BCUT2D eigenvalue weighted by molar-refractivity contribution is 0.0977. The van der Waals surface area contributed by atoms with Crippen molar-refractivity contribution in [2.24, 2.45) is 0 Å². The van der Waals surface area contributed by atoms with Gasteiger partial charge in [-0.05, 0) is 75.0 Å². The number of carbonyl (C=O) groups is 1. The number of carbonyl (C=O) groups excluding carboxylic acids is 1. The van der Waals surface area contributed by atoms with Crippen molar-refractivity contribution < 1.29 is 9.53 Å². The monoisotopic (exact) mass is 570 g/mol. The number of anilines is 1. The lowest BCUT2D eigenvalue weighted by Crippen LogP contribution is -2.49. The summed E-state index contributed by atoms with van der Waals surface area (Å²) in [6.07, 6.45) is -0.216. The molecule has 6 heteroatoms. The maximum absolute atomic E-state index is 12.9. The van der Waals surface area contributed by atoms with Gasteiger partial charge in [-0.15, -0.1) is 0 Å². The highest BCUT2D eigenvalue weighted by atomic mass is 127. The molecule has 1 aliphatic carbocycles. The molecule has 1 amide bonds. The van der Waals surface area contributed by atoms with Crippen LogP contribution in [0.5, 0.6) is 0 Å². The molecule has 3 aromatic rings. The zero-order valence-corrected chi connectivity index (χ0v) is 21.7. The van der Waals surface area contributed by atoms with Gasteiger partial charge in [-0.1, -0.05) is 48.5 Å². The number of fused-ring (bicyclic) bond motifs is 3. The van der Waals surface area contributed by atoms with Crippen LogP contribution in [0, 0.1) is 10.5 Å². The van der Waals surface area contributed by atoms with E-state index in [0.29, 0.717) is 19.7 Å². The topological polar surface area (TPSA) is 32.8 Å². The second kappa shape index (κ2) is 9.58. The van der Waals surface area contributed by atoms with Crippen LogP contribution in [0.2, 0.25) is 0 Å². The minimum Gasteiger partial charge on any atom is -0.448 e. The molecule has 1 heterocycles. The summed E-state index contributed by atoms with van der Waals surface area (Å²) < 4.78 is 7.11. The van der Waals surface area contributed by atoms with E-state index in [2.05, 4.69) is 108 Å². The predicted octanol–water partition coefficient (Wildman–Crippen LogP) is 6.10. The Labute approximate surface area is 214 Å². The maximum Gasteiger partial charge on any atom is 0.409 e. The standard InChI is InChI=1S/C27H27IN2O2S/c1-18-25(28)14-19(17-33)15-26(18)29-10-12-30(13-11-29)27(31)32-16-24-22-8-4-2-6-20(22)21-7-3-5-9-23(21)24/h2-9,14-15,24,33H,10-13,16-17H2,1H3. The van der Waals surface area contributed by atoms with Crippen molar-refractivity contribution in [3.63, 3.8) is 0 Å². The van der Waals surface area contributed by atoms with E-state index in [4.69, 9.17) is 4.74 Å². The quantitative estimate of drug-likeness (QED) is 0.304. The Kier molecular flexibility index (Phi) is 6.56. The van der Waals surface area contributed by atoms with E-state index in [1.165, 1.54) is 42.6 Å². The van der Waals surface area contributed by atoms with E-state index in [9.17, 15) is 4.79 Å². The number of piperazine rings is 1. The third-order valence-electron chi connectivity index (χ3n) is 6.77. The highest BCUT2D eigenvalue weighted by molar-refractivity contribution is 14.1. The maximum atomic E-state index is 12.9. The fraction of sp³-hybridized carbons (Fsp3) is 0.296. The van der Waals surface area contributed by atoms with Crippen LogP contribution in [0.4, 0.5) is 10.5 Å². The Bertz CT molecular complexity index is 1140. The van der Waals surface area contributed by atoms with E-state index < -0.39 is 0 Å². The van der Waals surface area contributed by atoms with Gasteiger partial charge in [0.25, 0.3) is 0 Å². The van der Waals surface area contributed by atoms with E-state index in [1.54, 1.807) is 0 Å². The van der Waals surface area contributed by atoms with Crippen LogP contribution in [-0.4, -0.2) is 43.8 Å². The third-order valence-corrected chi connectivity index (χ3v) is 8.26. The molecule has 2 aliphatic rings. The van der Waals surface area contributed by atoms with Crippen LogP contribution in [-0.2, 0) is 10.5 Å². The van der Waals surface area contributed by atoms with Crippen LogP contribution in [0.25, 0.3) is 11.1 Å². The van der Waals surface area contributed by atoms with Crippen molar-refractivity contribution >= 4 is 47.0 Å². The zero-order chi connectivity index (χ0) is 22.9. The van der Waals surface area contributed by atoms with Gasteiger partial charge in [-0.25, -0.2) is 4.79 Å². The highest BCUT2D eigenvalue weighted by Gasteiger charge is 2.30. The predicted molar refractivity (Wildman–Crippen MR) is 145 cm³/mol.